The maximum absolute atomic E-state index is 13.8. The normalized spacial score (nSPS) is 14.3. The molecule has 1 fully saturated rings. The van der Waals surface area contributed by atoms with Crippen molar-refractivity contribution in [2.24, 2.45) is 0 Å². The van der Waals surface area contributed by atoms with Crippen LogP contribution in [0.5, 0.6) is 0 Å². The van der Waals surface area contributed by atoms with Gasteiger partial charge >= 0.3 is 0 Å². The molecule has 1 heterocycles. The molecule has 1 aliphatic carbocycles. The topological polar surface area (TPSA) is 49.0 Å². The van der Waals surface area contributed by atoms with Crippen LogP contribution >= 0.6 is 0 Å². The Kier molecular flexibility index (Phi) is 3.26. The lowest BCUT2D eigenvalue weighted by molar-refractivity contribution is 0.0721. The van der Waals surface area contributed by atoms with E-state index in [-0.39, 0.29) is 17.8 Å². The molecule has 20 heavy (non-hydrogen) atoms. The van der Waals surface area contributed by atoms with Gasteiger partial charge in [0.15, 0.2) is 0 Å². The molecule has 104 valence electrons. The Morgan fingerprint density at radius 2 is 2.20 bits per heavy atom. The van der Waals surface area contributed by atoms with Crippen LogP contribution in [-0.2, 0) is 6.54 Å². The van der Waals surface area contributed by atoms with Gasteiger partial charge in [0.05, 0.1) is 6.20 Å². The summed E-state index contributed by atoms with van der Waals surface area (Å²) in [6, 6.07) is 6.80. The predicted molar refractivity (Wildman–Crippen MR) is 72.6 cm³/mol. The first-order chi connectivity index (χ1) is 9.66. The van der Waals surface area contributed by atoms with Gasteiger partial charge in [0.2, 0.25) is 0 Å². The van der Waals surface area contributed by atoms with Gasteiger partial charge in [0, 0.05) is 18.2 Å². The maximum atomic E-state index is 13.8. The zero-order chi connectivity index (χ0) is 14.1. The van der Waals surface area contributed by atoms with E-state index >= 15 is 0 Å². The number of aryl methyl sites for hydroxylation is 1. The summed E-state index contributed by atoms with van der Waals surface area (Å²) in [7, 11) is 0. The lowest BCUT2D eigenvalue weighted by atomic mass is 10.1. The molecule has 0 saturated heterocycles. The fourth-order valence-electron chi connectivity index (χ4n) is 2.27. The second kappa shape index (κ2) is 5.07. The minimum absolute atomic E-state index is 0.106. The van der Waals surface area contributed by atoms with E-state index in [4.69, 9.17) is 0 Å². The average molecular weight is 273 g/mol. The Morgan fingerprint density at radius 1 is 1.45 bits per heavy atom. The molecule has 0 aliphatic heterocycles. The van der Waals surface area contributed by atoms with Gasteiger partial charge in [0.1, 0.15) is 11.5 Å². The number of nitrogens with zero attached hydrogens (tertiary/aromatic N) is 2. The van der Waals surface area contributed by atoms with Crippen molar-refractivity contribution in [2.45, 2.75) is 32.4 Å². The Morgan fingerprint density at radius 3 is 2.80 bits per heavy atom. The number of hydrogen-bond acceptors (Lipinski definition) is 2. The highest BCUT2D eigenvalue weighted by Gasteiger charge is 2.34. The molecule has 3 rings (SSSR count). The van der Waals surface area contributed by atoms with E-state index in [9.17, 15) is 9.18 Å². The van der Waals surface area contributed by atoms with Crippen LogP contribution in [0.2, 0.25) is 0 Å². The quantitative estimate of drug-likeness (QED) is 0.931. The molecular formula is C15H16FN3O. The SMILES string of the molecule is Cc1cn[nH]c1C(=O)N(Cc1ccccc1F)C1CC1. The van der Waals surface area contributed by atoms with Gasteiger partial charge in [-0.25, -0.2) is 4.39 Å². The number of carbonyl (C=O) groups excluding carboxylic acids is 1. The van der Waals surface area contributed by atoms with Crippen LogP contribution in [0.15, 0.2) is 30.5 Å². The first-order valence-corrected chi connectivity index (χ1v) is 6.71. The molecule has 2 aromatic rings. The van der Waals surface area contributed by atoms with Crippen LogP contribution < -0.4 is 0 Å². The molecule has 1 saturated carbocycles. The number of aromatic nitrogens is 2. The first-order valence-electron chi connectivity index (χ1n) is 6.71. The van der Waals surface area contributed by atoms with Gasteiger partial charge < -0.3 is 4.90 Å². The molecule has 1 aromatic carbocycles. The molecule has 0 spiro atoms. The minimum Gasteiger partial charge on any atom is -0.330 e. The van der Waals surface area contributed by atoms with Crippen molar-refractivity contribution in [3.05, 3.63) is 53.1 Å². The molecule has 1 N–H and O–H groups in total. The highest BCUT2D eigenvalue weighted by atomic mass is 19.1. The monoisotopic (exact) mass is 273 g/mol. The largest absolute Gasteiger partial charge is 0.330 e. The summed E-state index contributed by atoms with van der Waals surface area (Å²) in [6.45, 7) is 2.14. The third kappa shape index (κ3) is 2.43. The Balaban J connectivity index is 1.85. The summed E-state index contributed by atoms with van der Waals surface area (Å²) in [5.41, 5.74) is 1.85. The van der Waals surface area contributed by atoms with Gasteiger partial charge in [-0.3, -0.25) is 9.89 Å². The van der Waals surface area contributed by atoms with Gasteiger partial charge in [-0.1, -0.05) is 18.2 Å². The number of nitrogens with one attached hydrogen (secondary N) is 1. The minimum atomic E-state index is -0.271. The van der Waals surface area contributed by atoms with E-state index in [1.165, 1.54) is 6.07 Å². The Bertz CT molecular complexity index is 634. The summed E-state index contributed by atoms with van der Waals surface area (Å²) in [5.74, 6) is -0.377. The zero-order valence-electron chi connectivity index (χ0n) is 11.3. The first kappa shape index (κ1) is 12.8. The molecule has 0 unspecified atom stereocenters. The van der Waals surface area contributed by atoms with Crippen molar-refractivity contribution < 1.29 is 9.18 Å². The van der Waals surface area contributed by atoms with E-state index in [1.54, 1.807) is 29.3 Å². The average Bonchev–Trinajstić information content (AvgIpc) is 3.19. The van der Waals surface area contributed by atoms with E-state index in [1.807, 2.05) is 6.92 Å². The molecule has 1 aromatic heterocycles. The summed E-state index contributed by atoms with van der Waals surface area (Å²) < 4.78 is 13.8. The van der Waals surface area contributed by atoms with Crippen molar-refractivity contribution in [3.63, 3.8) is 0 Å². The molecular weight excluding hydrogens is 257 g/mol. The van der Waals surface area contributed by atoms with Crippen molar-refractivity contribution in [1.82, 2.24) is 15.1 Å². The Labute approximate surface area is 116 Å². The van der Waals surface area contributed by atoms with Gasteiger partial charge in [-0.05, 0) is 31.4 Å². The van der Waals surface area contributed by atoms with Crippen LogP contribution in [0.3, 0.4) is 0 Å². The van der Waals surface area contributed by atoms with Gasteiger partial charge in [-0.2, -0.15) is 5.10 Å². The third-order valence-electron chi connectivity index (χ3n) is 3.59. The number of H-pyrrole nitrogens is 1. The summed E-state index contributed by atoms with van der Waals surface area (Å²) in [6.07, 6.45) is 3.59. The van der Waals surface area contributed by atoms with Crippen LogP contribution in [0.4, 0.5) is 4.39 Å². The second-order valence-corrected chi connectivity index (χ2v) is 5.18. The number of benzene rings is 1. The van der Waals surface area contributed by atoms with Crippen molar-refractivity contribution >= 4 is 5.91 Å². The number of carbonyl (C=O) groups is 1. The van der Waals surface area contributed by atoms with Crippen LogP contribution in [-0.4, -0.2) is 27.0 Å². The predicted octanol–water partition coefficient (Wildman–Crippen LogP) is 2.66. The van der Waals surface area contributed by atoms with Gasteiger partial charge in [0.25, 0.3) is 5.91 Å². The molecule has 5 heteroatoms. The third-order valence-corrected chi connectivity index (χ3v) is 3.59. The number of rotatable bonds is 4. The van der Waals surface area contributed by atoms with Crippen molar-refractivity contribution in [3.8, 4) is 0 Å². The number of halogens is 1. The summed E-state index contributed by atoms with van der Waals surface area (Å²) in [4.78, 5) is 14.3. The second-order valence-electron chi connectivity index (χ2n) is 5.18. The smallest absolute Gasteiger partial charge is 0.272 e. The fraction of sp³-hybridized carbons (Fsp3) is 0.333. The molecule has 1 amide bonds. The van der Waals surface area contributed by atoms with Gasteiger partial charge in [-0.15, -0.1) is 0 Å². The molecule has 4 nitrogen and oxygen atoms in total. The lowest BCUT2D eigenvalue weighted by Gasteiger charge is -2.22. The number of aromatic amines is 1. The lowest BCUT2D eigenvalue weighted by Crippen LogP contribution is -2.33. The molecule has 1 aliphatic rings. The number of amides is 1. The van der Waals surface area contributed by atoms with Crippen LogP contribution in [0.1, 0.15) is 34.5 Å². The molecule has 0 bridgehead atoms. The van der Waals surface area contributed by atoms with E-state index < -0.39 is 0 Å². The Hall–Kier alpha value is -2.17. The highest BCUT2D eigenvalue weighted by Crippen LogP contribution is 2.30. The van der Waals surface area contributed by atoms with Crippen molar-refractivity contribution in [2.75, 3.05) is 0 Å². The zero-order valence-corrected chi connectivity index (χ0v) is 11.3. The van der Waals surface area contributed by atoms with E-state index in [0.717, 1.165) is 18.4 Å². The summed E-state index contributed by atoms with van der Waals surface area (Å²) in [5, 5.41) is 6.62. The fourth-order valence-corrected chi connectivity index (χ4v) is 2.27. The molecule has 0 atom stereocenters. The summed E-state index contributed by atoms with van der Waals surface area (Å²) >= 11 is 0. The van der Waals surface area contributed by atoms with Crippen LogP contribution in [0, 0.1) is 12.7 Å². The molecule has 0 radical (unpaired) electrons. The van der Waals surface area contributed by atoms with E-state index in [2.05, 4.69) is 10.2 Å². The van der Waals surface area contributed by atoms with Crippen molar-refractivity contribution in [1.29, 1.82) is 0 Å². The number of hydrogen-bond donors (Lipinski definition) is 1. The standard InChI is InChI=1S/C15H16FN3O/c1-10-8-17-18-14(10)15(20)19(12-6-7-12)9-11-4-2-3-5-13(11)16/h2-5,8,12H,6-7,9H2,1H3,(H,17,18). The highest BCUT2D eigenvalue weighted by molar-refractivity contribution is 5.94. The maximum Gasteiger partial charge on any atom is 0.272 e. The van der Waals surface area contributed by atoms with Crippen LogP contribution in [0.25, 0.3) is 0 Å². The van der Waals surface area contributed by atoms with E-state index in [0.29, 0.717) is 17.8 Å².